The fraction of sp³-hybridized carbons (Fsp3) is 0.500. The van der Waals surface area contributed by atoms with E-state index in [-0.39, 0.29) is 23.8 Å². The molecule has 1 amide bonds. The molecule has 1 aromatic carbocycles. The average molecular weight is 325 g/mol. The van der Waals surface area contributed by atoms with Gasteiger partial charge in [0.25, 0.3) is 5.91 Å². The minimum absolute atomic E-state index is 0.212. The summed E-state index contributed by atoms with van der Waals surface area (Å²) in [5, 5.41) is 3.26. The van der Waals surface area contributed by atoms with Crippen LogP contribution in [0.3, 0.4) is 0 Å². The van der Waals surface area contributed by atoms with Crippen molar-refractivity contribution in [1.29, 1.82) is 0 Å². The van der Waals surface area contributed by atoms with Crippen molar-refractivity contribution in [2.24, 2.45) is 5.92 Å². The Hall–Kier alpha value is -1.75. The molecule has 2 rings (SSSR count). The van der Waals surface area contributed by atoms with Crippen LogP contribution in [0.25, 0.3) is 0 Å². The maximum atomic E-state index is 11.9. The topological polar surface area (TPSA) is 81.4 Å². The Morgan fingerprint density at radius 1 is 1.27 bits per heavy atom. The number of benzene rings is 1. The van der Waals surface area contributed by atoms with E-state index in [1.165, 1.54) is 31.4 Å². The number of amides is 1. The summed E-state index contributed by atoms with van der Waals surface area (Å²) in [6.45, 7) is 0.354. The third-order valence-corrected chi connectivity index (χ3v) is 4.12. The summed E-state index contributed by atoms with van der Waals surface area (Å²) in [7, 11) is 0. The standard InChI is InChI=1S/C16H21ClN2O3/c17-12-6-7-13(14(18)8-12)16(21)22-10-15(20)19-9-11-4-2-1-3-5-11/h6-8,11H,1-5,9-10,18H2,(H,19,20). The van der Waals surface area contributed by atoms with E-state index >= 15 is 0 Å². The van der Waals surface area contributed by atoms with Crippen molar-refractivity contribution in [3.05, 3.63) is 28.8 Å². The number of carbonyl (C=O) groups is 2. The number of esters is 1. The van der Waals surface area contributed by atoms with Crippen LogP contribution in [-0.4, -0.2) is 25.0 Å². The normalized spacial score (nSPS) is 15.3. The lowest BCUT2D eigenvalue weighted by molar-refractivity contribution is -0.124. The number of ether oxygens (including phenoxy) is 1. The quantitative estimate of drug-likeness (QED) is 0.644. The largest absolute Gasteiger partial charge is 0.452 e. The second-order valence-electron chi connectivity index (χ2n) is 5.62. The number of anilines is 1. The first-order valence-electron chi connectivity index (χ1n) is 7.55. The number of hydrogen-bond donors (Lipinski definition) is 2. The third kappa shape index (κ3) is 4.91. The van der Waals surface area contributed by atoms with Crippen LogP contribution < -0.4 is 11.1 Å². The molecule has 3 N–H and O–H groups in total. The Bertz CT molecular complexity index is 542. The summed E-state index contributed by atoms with van der Waals surface area (Å²) >= 11 is 5.77. The molecule has 5 nitrogen and oxygen atoms in total. The fourth-order valence-corrected chi connectivity index (χ4v) is 2.81. The highest BCUT2D eigenvalue weighted by Crippen LogP contribution is 2.22. The fourth-order valence-electron chi connectivity index (χ4n) is 2.63. The molecule has 0 spiro atoms. The third-order valence-electron chi connectivity index (χ3n) is 3.88. The Balaban J connectivity index is 1.74. The lowest BCUT2D eigenvalue weighted by Gasteiger charge is -2.21. The van der Waals surface area contributed by atoms with Crippen molar-refractivity contribution in [1.82, 2.24) is 5.32 Å². The maximum Gasteiger partial charge on any atom is 0.340 e. The molecule has 0 atom stereocenters. The number of carbonyl (C=O) groups excluding carboxylic acids is 2. The Labute approximate surface area is 135 Å². The van der Waals surface area contributed by atoms with Crippen LogP contribution in [0.15, 0.2) is 18.2 Å². The van der Waals surface area contributed by atoms with E-state index in [0.29, 0.717) is 17.5 Å². The van der Waals surface area contributed by atoms with Gasteiger partial charge < -0.3 is 15.8 Å². The Morgan fingerprint density at radius 3 is 2.68 bits per heavy atom. The van der Waals surface area contributed by atoms with Gasteiger partial charge in [-0.05, 0) is 37.0 Å². The molecule has 6 heteroatoms. The van der Waals surface area contributed by atoms with Crippen molar-refractivity contribution in [3.63, 3.8) is 0 Å². The summed E-state index contributed by atoms with van der Waals surface area (Å²) < 4.78 is 4.98. The van der Waals surface area contributed by atoms with Gasteiger partial charge in [0.1, 0.15) is 0 Å². The predicted molar refractivity (Wildman–Crippen MR) is 85.7 cm³/mol. The zero-order valence-corrected chi connectivity index (χ0v) is 13.2. The molecule has 1 aliphatic carbocycles. The Kier molecular flexibility index (Phi) is 6.07. The van der Waals surface area contributed by atoms with Crippen LogP contribution in [0, 0.1) is 5.92 Å². The van der Waals surface area contributed by atoms with Gasteiger partial charge in [-0.3, -0.25) is 4.79 Å². The van der Waals surface area contributed by atoms with Gasteiger partial charge >= 0.3 is 5.97 Å². The zero-order valence-electron chi connectivity index (χ0n) is 12.4. The molecule has 0 heterocycles. The van der Waals surface area contributed by atoms with Crippen molar-refractivity contribution < 1.29 is 14.3 Å². The van der Waals surface area contributed by atoms with Crippen LogP contribution >= 0.6 is 11.6 Å². The second-order valence-corrected chi connectivity index (χ2v) is 6.05. The molecule has 0 aliphatic heterocycles. The highest BCUT2D eigenvalue weighted by Gasteiger charge is 2.16. The van der Waals surface area contributed by atoms with Crippen LogP contribution in [-0.2, 0) is 9.53 Å². The van der Waals surface area contributed by atoms with E-state index in [0.717, 1.165) is 12.8 Å². The van der Waals surface area contributed by atoms with E-state index in [1.807, 2.05) is 0 Å². The molecule has 1 aromatic rings. The van der Waals surface area contributed by atoms with E-state index in [4.69, 9.17) is 22.1 Å². The van der Waals surface area contributed by atoms with Crippen molar-refractivity contribution in [2.75, 3.05) is 18.9 Å². The molecule has 1 saturated carbocycles. The molecule has 1 aliphatic rings. The van der Waals surface area contributed by atoms with Crippen LogP contribution in [0.2, 0.25) is 5.02 Å². The monoisotopic (exact) mass is 324 g/mol. The van der Waals surface area contributed by atoms with Gasteiger partial charge in [-0.25, -0.2) is 4.79 Å². The van der Waals surface area contributed by atoms with Gasteiger partial charge in [-0.1, -0.05) is 30.9 Å². The molecular formula is C16H21ClN2O3. The summed E-state index contributed by atoms with van der Waals surface area (Å²) in [4.78, 5) is 23.6. The molecular weight excluding hydrogens is 304 g/mol. The lowest BCUT2D eigenvalue weighted by atomic mass is 9.89. The molecule has 0 bridgehead atoms. The lowest BCUT2D eigenvalue weighted by Crippen LogP contribution is -2.33. The smallest absolute Gasteiger partial charge is 0.340 e. The molecule has 0 unspecified atom stereocenters. The van der Waals surface area contributed by atoms with Gasteiger partial charge in [0.05, 0.1) is 5.56 Å². The molecule has 120 valence electrons. The SMILES string of the molecule is Nc1cc(Cl)ccc1C(=O)OCC(=O)NCC1CCCCC1. The molecule has 22 heavy (non-hydrogen) atoms. The predicted octanol–water partition coefficient (Wildman–Crippen LogP) is 2.78. The summed E-state index contributed by atoms with van der Waals surface area (Å²) in [6, 6.07) is 4.51. The van der Waals surface area contributed by atoms with Gasteiger partial charge in [-0.15, -0.1) is 0 Å². The number of hydrogen-bond acceptors (Lipinski definition) is 4. The van der Waals surface area contributed by atoms with Gasteiger partial charge in [0, 0.05) is 17.3 Å². The first-order valence-corrected chi connectivity index (χ1v) is 7.93. The van der Waals surface area contributed by atoms with Crippen molar-refractivity contribution in [2.45, 2.75) is 32.1 Å². The summed E-state index contributed by atoms with van der Waals surface area (Å²) in [5.41, 5.74) is 6.15. The van der Waals surface area contributed by atoms with E-state index < -0.39 is 5.97 Å². The number of nitrogens with two attached hydrogens (primary N) is 1. The minimum Gasteiger partial charge on any atom is -0.452 e. The first kappa shape index (κ1) is 16.6. The van der Waals surface area contributed by atoms with Gasteiger partial charge in [0.2, 0.25) is 0 Å². The number of halogens is 1. The molecule has 0 radical (unpaired) electrons. The average Bonchev–Trinajstić information content (AvgIpc) is 2.51. The van der Waals surface area contributed by atoms with Gasteiger partial charge in [0.15, 0.2) is 6.61 Å². The zero-order chi connectivity index (χ0) is 15.9. The molecule has 0 aromatic heterocycles. The Morgan fingerprint density at radius 2 is 2.00 bits per heavy atom. The van der Waals surface area contributed by atoms with E-state index in [9.17, 15) is 9.59 Å². The highest BCUT2D eigenvalue weighted by molar-refractivity contribution is 6.31. The van der Waals surface area contributed by atoms with Gasteiger partial charge in [-0.2, -0.15) is 0 Å². The highest BCUT2D eigenvalue weighted by atomic mass is 35.5. The first-order chi connectivity index (χ1) is 10.6. The second kappa shape index (κ2) is 8.03. The number of nitrogen functional groups attached to an aromatic ring is 1. The van der Waals surface area contributed by atoms with Crippen molar-refractivity contribution in [3.8, 4) is 0 Å². The number of rotatable bonds is 5. The summed E-state index contributed by atoms with van der Waals surface area (Å²) in [5.74, 6) is -0.367. The van der Waals surface area contributed by atoms with Crippen LogP contribution in [0.4, 0.5) is 5.69 Å². The molecule has 1 fully saturated rings. The van der Waals surface area contributed by atoms with Crippen LogP contribution in [0.5, 0.6) is 0 Å². The minimum atomic E-state index is -0.623. The van der Waals surface area contributed by atoms with Crippen molar-refractivity contribution >= 4 is 29.2 Å². The summed E-state index contributed by atoms with van der Waals surface area (Å²) in [6.07, 6.45) is 6.05. The van der Waals surface area contributed by atoms with Crippen LogP contribution in [0.1, 0.15) is 42.5 Å². The molecule has 0 saturated heterocycles. The van der Waals surface area contributed by atoms with E-state index in [1.54, 1.807) is 6.07 Å². The van der Waals surface area contributed by atoms with E-state index in [2.05, 4.69) is 5.32 Å². The number of nitrogens with one attached hydrogen (secondary N) is 1. The maximum absolute atomic E-state index is 11.9.